The van der Waals surface area contributed by atoms with Gasteiger partial charge in [-0.3, -0.25) is 0 Å². The van der Waals surface area contributed by atoms with E-state index in [-0.39, 0.29) is 18.7 Å². The van der Waals surface area contributed by atoms with Gasteiger partial charge in [-0.1, -0.05) is 12.1 Å². The van der Waals surface area contributed by atoms with Gasteiger partial charge in [0, 0.05) is 6.42 Å². The molecule has 2 aromatic rings. The second kappa shape index (κ2) is 4.80. The molecule has 23 heavy (non-hydrogen) atoms. The van der Waals surface area contributed by atoms with E-state index in [0.29, 0.717) is 5.56 Å². The van der Waals surface area contributed by atoms with Crippen LogP contribution in [0.15, 0.2) is 29.4 Å². The van der Waals surface area contributed by atoms with E-state index in [1.165, 1.54) is 22.9 Å². The minimum atomic E-state index is -3.99. The molecule has 4 rings (SSSR count). The number of aromatic nitrogens is 3. The highest BCUT2D eigenvalue weighted by molar-refractivity contribution is 7.92. The van der Waals surface area contributed by atoms with Gasteiger partial charge < -0.3 is 0 Å². The third-order valence-corrected chi connectivity index (χ3v) is 6.15. The first-order valence-corrected chi connectivity index (χ1v) is 8.66. The molecule has 1 aromatic carbocycles. The molecule has 1 fully saturated rings. The van der Waals surface area contributed by atoms with E-state index in [1.807, 2.05) is 0 Å². The average Bonchev–Trinajstić information content (AvgIpc) is 2.96. The Morgan fingerprint density at radius 1 is 1.22 bits per heavy atom. The molecule has 1 aromatic heterocycles. The molecule has 0 bridgehead atoms. The predicted molar refractivity (Wildman–Crippen MR) is 73.5 cm³/mol. The first kappa shape index (κ1) is 14.7. The summed E-state index contributed by atoms with van der Waals surface area (Å²) >= 11 is 0. The quantitative estimate of drug-likeness (QED) is 0.858. The summed E-state index contributed by atoms with van der Waals surface area (Å²) in [6.45, 7) is 0. The van der Waals surface area contributed by atoms with E-state index < -0.39 is 44.4 Å². The molecule has 9 heteroatoms. The second-order valence-corrected chi connectivity index (χ2v) is 7.87. The number of nitrogens with zero attached hydrogens (tertiary/aromatic N) is 3. The van der Waals surface area contributed by atoms with Gasteiger partial charge in [-0.05, 0) is 24.1 Å². The third kappa shape index (κ3) is 2.25. The SMILES string of the molecule is O=S(=O)(c1nc2n(n1)[C@H](c1cccc(F)c1)C[C@@H]2F)C1CC1F. The number of fused-ring (bicyclic) bond motifs is 1. The lowest BCUT2D eigenvalue weighted by Gasteiger charge is -2.11. The Morgan fingerprint density at radius 3 is 2.61 bits per heavy atom. The van der Waals surface area contributed by atoms with Crippen LogP contribution in [0.25, 0.3) is 0 Å². The maximum atomic E-state index is 14.2. The number of benzene rings is 1. The van der Waals surface area contributed by atoms with Crippen molar-refractivity contribution < 1.29 is 21.6 Å². The Bertz CT molecular complexity index is 883. The Balaban J connectivity index is 1.75. The van der Waals surface area contributed by atoms with Crippen molar-refractivity contribution in [3.8, 4) is 0 Å². The highest BCUT2D eigenvalue weighted by Gasteiger charge is 2.51. The van der Waals surface area contributed by atoms with Crippen molar-refractivity contribution in [3.05, 3.63) is 41.5 Å². The fourth-order valence-corrected chi connectivity index (χ4v) is 4.39. The maximum Gasteiger partial charge on any atom is 0.267 e. The monoisotopic (exact) mass is 343 g/mol. The molecule has 0 radical (unpaired) electrons. The molecule has 1 aliphatic carbocycles. The van der Waals surface area contributed by atoms with Crippen molar-refractivity contribution in [2.45, 2.75) is 41.6 Å². The topological polar surface area (TPSA) is 64.8 Å². The average molecular weight is 343 g/mol. The predicted octanol–water partition coefficient (Wildman–Crippen LogP) is 2.31. The largest absolute Gasteiger partial charge is 0.267 e. The highest BCUT2D eigenvalue weighted by atomic mass is 32.2. The van der Waals surface area contributed by atoms with Crippen molar-refractivity contribution in [1.29, 1.82) is 0 Å². The zero-order valence-electron chi connectivity index (χ0n) is 11.7. The minimum Gasteiger partial charge on any atom is -0.246 e. The van der Waals surface area contributed by atoms with Crippen LogP contribution in [0.2, 0.25) is 0 Å². The minimum absolute atomic E-state index is 0.00821. The molecule has 122 valence electrons. The van der Waals surface area contributed by atoms with Gasteiger partial charge in [0.25, 0.3) is 5.16 Å². The molecule has 0 N–H and O–H groups in total. The summed E-state index contributed by atoms with van der Waals surface area (Å²) in [6, 6.07) is 4.98. The van der Waals surface area contributed by atoms with Crippen molar-refractivity contribution in [1.82, 2.24) is 14.8 Å². The van der Waals surface area contributed by atoms with Gasteiger partial charge in [-0.15, -0.1) is 5.10 Å². The van der Waals surface area contributed by atoms with E-state index in [4.69, 9.17) is 0 Å². The lowest BCUT2D eigenvalue weighted by molar-refractivity contribution is 0.326. The summed E-state index contributed by atoms with van der Waals surface area (Å²) in [5, 5.41) is 2.19. The molecule has 1 saturated carbocycles. The number of hydrogen-bond donors (Lipinski definition) is 0. The van der Waals surface area contributed by atoms with E-state index in [2.05, 4.69) is 10.1 Å². The number of hydrogen-bond acceptors (Lipinski definition) is 4. The van der Waals surface area contributed by atoms with Gasteiger partial charge in [0.1, 0.15) is 17.2 Å². The van der Waals surface area contributed by atoms with Crippen LogP contribution in [0.5, 0.6) is 0 Å². The van der Waals surface area contributed by atoms with Gasteiger partial charge >= 0.3 is 0 Å². The number of halogens is 3. The van der Waals surface area contributed by atoms with Gasteiger partial charge in [0.15, 0.2) is 12.0 Å². The number of rotatable bonds is 3. The molecule has 2 heterocycles. The van der Waals surface area contributed by atoms with E-state index in [9.17, 15) is 21.6 Å². The number of alkyl halides is 2. The molecule has 4 atom stereocenters. The normalized spacial score (nSPS) is 29.5. The molecule has 2 aliphatic rings. The van der Waals surface area contributed by atoms with Crippen LogP contribution >= 0.6 is 0 Å². The van der Waals surface area contributed by atoms with Crippen LogP contribution in [0, 0.1) is 5.82 Å². The third-order valence-electron chi connectivity index (χ3n) is 4.19. The Morgan fingerprint density at radius 2 is 1.96 bits per heavy atom. The summed E-state index contributed by atoms with van der Waals surface area (Å²) < 4.78 is 66.1. The van der Waals surface area contributed by atoms with Crippen molar-refractivity contribution >= 4 is 9.84 Å². The molecular weight excluding hydrogens is 331 g/mol. The van der Waals surface area contributed by atoms with Crippen LogP contribution in [0.4, 0.5) is 13.2 Å². The Kier molecular flexibility index (Phi) is 3.06. The van der Waals surface area contributed by atoms with Crippen LogP contribution in [0.3, 0.4) is 0 Å². The molecule has 0 amide bonds. The zero-order chi connectivity index (χ0) is 16.4. The van der Waals surface area contributed by atoms with Crippen molar-refractivity contribution in [2.75, 3.05) is 0 Å². The van der Waals surface area contributed by atoms with Crippen LogP contribution in [0.1, 0.15) is 36.4 Å². The standard InChI is InChI=1S/C14H12F3N3O2S/c15-8-3-1-2-7(4-8)11-5-10(17)13-18-14(19-20(11)13)23(21,22)12-6-9(12)16/h1-4,9-12H,5-6H2/t9?,10-,11-,12?/m0/s1. The molecule has 1 aliphatic heterocycles. The van der Waals surface area contributed by atoms with E-state index in [1.54, 1.807) is 6.07 Å². The lowest BCUT2D eigenvalue weighted by atomic mass is 10.0. The zero-order valence-corrected chi connectivity index (χ0v) is 12.5. The Hall–Kier alpha value is -1.90. The first-order chi connectivity index (χ1) is 10.9. The first-order valence-electron chi connectivity index (χ1n) is 7.12. The van der Waals surface area contributed by atoms with Crippen LogP contribution < -0.4 is 0 Å². The van der Waals surface area contributed by atoms with Gasteiger partial charge in [-0.2, -0.15) is 4.98 Å². The molecular formula is C14H12F3N3O2S. The summed E-state index contributed by atoms with van der Waals surface area (Å²) in [5.74, 6) is -0.591. The summed E-state index contributed by atoms with van der Waals surface area (Å²) in [4.78, 5) is 3.77. The smallest absolute Gasteiger partial charge is 0.246 e. The van der Waals surface area contributed by atoms with E-state index in [0.717, 1.165) is 0 Å². The maximum absolute atomic E-state index is 14.2. The van der Waals surface area contributed by atoms with Crippen LogP contribution in [-0.2, 0) is 9.84 Å². The lowest BCUT2D eigenvalue weighted by Crippen LogP contribution is -2.14. The second-order valence-electron chi connectivity index (χ2n) is 5.81. The molecule has 0 saturated heterocycles. The molecule has 0 spiro atoms. The fourth-order valence-electron chi connectivity index (χ4n) is 2.87. The Labute approximate surface area is 130 Å². The highest BCUT2D eigenvalue weighted by Crippen LogP contribution is 2.41. The van der Waals surface area contributed by atoms with Gasteiger partial charge in [0.2, 0.25) is 9.84 Å². The fraction of sp³-hybridized carbons (Fsp3) is 0.429. The molecule has 2 unspecified atom stereocenters. The summed E-state index contributed by atoms with van der Waals surface area (Å²) in [5.41, 5.74) is 0.482. The summed E-state index contributed by atoms with van der Waals surface area (Å²) in [6.07, 6.45) is -2.99. The van der Waals surface area contributed by atoms with Crippen molar-refractivity contribution in [2.24, 2.45) is 0 Å². The number of sulfone groups is 1. The van der Waals surface area contributed by atoms with Crippen molar-refractivity contribution in [3.63, 3.8) is 0 Å². The van der Waals surface area contributed by atoms with E-state index >= 15 is 0 Å². The molecule has 5 nitrogen and oxygen atoms in total. The summed E-state index contributed by atoms with van der Waals surface area (Å²) in [7, 11) is -3.99. The van der Waals surface area contributed by atoms with Gasteiger partial charge in [-0.25, -0.2) is 26.3 Å². The van der Waals surface area contributed by atoms with Crippen LogP contribution in [-0.4, -0.2) is 34.6 Å². The van der Waals surface area contributed by atoms with Gasteiger partial charge in [0.05, 0.1) is 6.04 Å².